The molecule has 0 saturated carbocycles. The van der Waals surface area contributed by atoms with Gasteiger partial charge in [-0.1, -0.05) is 30.3 Å². The van der Waals surface area contributed by atoms with Crippen molar-refractivity contribution in [1.29, 1.82) is 0 Å². The summed E-state index contributed by atoms with van der Waals surface area (Å²) in [5.41, 5.74) is 1.93. The van der Waals surface area contributed by atoms with E-state index in [0.29, 0.717) is 58.1 Å². The number of aliphatic hydroxyl groups is 2. The van der Waals surface area contributed by atoms with Crippen LogP contribution in [-0.4, -0.2) is 141 Å². The number of carbonyl (C=O) groups excluding carboxylic acids is 1. The molecule has 0 spiro atoms. The van der Waals surface area contributed by atoms with Gasteiger partial charge in [0.1, 0.15) is 24.1 Å². The maximum Gasteiger partial charge on any atom is 0.340 e. The topological polar surface area (TPSA) is 275 Å². The standard InChI is InChI=1S/C32H45ClN6O14P2/c1-2-8-48-10-12-50-14-15-51-13-11-49-9-7-34-30(42)22-16-20-5-3-4-6-21(20)25(22)36-28-23-17-35-39(29(23)38-32(33)37-28)31-27(41)26(40)24(53-31)18-52-55(46,47)19-54(43,44)45/h2-6,17,22,24-27,31,40-41H,1,7-16,18-19H2,(H,34,42)(H,46,47)(H,36,37,38)(H2,43,44,45)/t22-,24+,25+,26+,27+,31+/m0/s1. The van der Waals surface area contributed by atoms with Crippen LogP contribution in [-0.2, 0) is 48.6 Å². The first-order valence-corrected chi connectivity index (χ1v) is 21.2. The number of carbonyl (C=O) groups is 1. The quantitative estimate of drug-likeness (QED) is 0.0305. The summed E-state index contributed by atoms with van der Waals surface area (Å²) in [6.07, 6.45) is -2.55. The largest absolute Gasteiger partial charge is 0.387 e. The molecule has 0 bridgehead atoms. The van der Waals surface area contributed by atoms with E-state index < -0.39 is 64.2 Å². The fraction of sp³-hybridized carbons (Fsp3) is 0.562. The van der Waals surface area contributed by atoms with E-state index in [1.54, 1.807) is 6.08 Å². The van der Waals surface area contributed by atoms with Crippen LogP contribution in [0.15, 0.2) is 43.1 Å². The SMILES string of the molecule is C=CCOCCOCCOCCOCCNC(=O)[C@H]1Cc2ccccc2[C@H]1Nc1nc(Cl)nc2c1cnn2[C@@H]1O[C@H](COP(=O)(O)CP(=O)(O)O)[C@@H](O)[C@H]1O. The Morgan fingerprint density at radius 2 is 1.67 bits per heavy atom. The Morgan fingerprint density at radius 3 is 2.36 bits per heavy atom. The molecule has 0 radical (unpaired) electrons. The maximum absolute atomic E-state index is 13.5. The number of aliphatic hydroxyl groups excluding tert-OH is 2. The predicted molar refractivity (Wildman–Crippen MR) is 195 cm³/mol. The molecule has 1 fully saturated rings. The third-order valence-corrected chi connectivity index (χ3v) is 12.2. The van der Waals surface area contributed by atoms with Gasteiger partial charge in [-0.25, -0.2) is 4.68 Å². The summed E-state index contributed by atoms with van der Waals surface area (Å²) in [6, 6.07) is 7.05. The number of amides is 1. The second kappa shape index (κ2) is 20.0. The predicted octanol–water partition coefficient (Wildman–Crippen LogP) is 1.13. The first-order chi connectivity index (χ1) is 26.3. The molecule has 304 valence electrons. The minimum absolute atomic E-state index is 0.0874. The lowest BCUT2D eigenvalue weighted by molar-refractivity contribution is -0.125. The van der Waals surface area contributed by atoms with Crippen molar-refractivity contribution in [3.63, 3.8) is 0 Å². The van der Waals surface area contributed by atoms with Gasteiger partial charge in [0.05, 0.1) is 83.0 Å². The molecule has 2 aliphatic rings. The van der Waals surface area contributed by atoms with Crippen molar-refractivity contribution in [3.8, 4) is 0 Å². The third-order valence-electron chi connectivity index (χ3n) is 8.57. The number of aromatic nitrogens is 4. The molecule has 23 heteroatoms. The highest BCUT2D eigenvalue weighted by molar-refractivity contribution is 7.70. The van der Waals surface area contributed by atoms with Gasteiger partial charge in [-0.2, -0.15) is 15.1 Å². The zero-order valence-electron chi connectivity index (χ0n) is 29.6. The number of fused-ring (bicyclic) bond motifs is 2. The summed E-state index contributed by atoms with van der Waals surface area (Å²) < 4.78 is 56.7. The Kier molecular flexibility index (Phi) is 15.7. The molecule has 55 heavy (non-hydrogen) atoms. The molecular formula is C32H45ClN6O14P2. The Hall–Kier alpha value is -2.91. The number of hydrogen-bond donors (Lipinski definition) is 7. The number of ether oxygens (including phenoxy) is 5. The van der Waals surface area contributed by atoms with Gasteiger partial charge < -0.3 is 63.7 Å². The average molecular weight is 835 g/mol. The lowest BCUT2D eigenvalue weighted by Crippen LogP contribution is -2.37. The maximum atomic E-state index is 13.5. The second-order valence-corrected chi connectivity index (χ2v) is 16.9. The highest BCUT2D eigenvalue weighted by Crippen LogP contribution is 2.55. The highest BCUT2D eigenvalue weighted by Gasteiger charge is 2.46. The van der Waals surface area contributed by atoms with Crippen molar-refractivity contribution in [2.75, 3.05) is 77.2 Å². The molecule has 1 unspecified atom stereocenters. The normalized spacial score (nSPS) is 23.5. The number of nitrogens with one attached hydrogen (secondary N) is 2. The fourth-order valence-electron chi connectivity index (χ4n) is 6.10. The Bertz CT molecular complexity index is 1850. The third kappa shape index (κ3) is 12.0. The Morgan fingerprint density at radius 1 is 1.00 bits per heavy atom. The van der Waals surface area contributed by atoms with E-state index in [0.717, 1.165) is 15.8 Å². The number of benzene rings is 1. The molecule has 1 aliphatic carbocycles. The molecule has 5 rings (SSSR count). The van der Waals surface area contributed by atoms with Crippen LogP contribution in [0.3, 0.4) is 0 Å². The lowest BCUT2D eigenvalue weighted by Gasteiger charge is -2.22. The van der Waals surface area contributed by atoms with Crippen molar-refractivity contribution >= 4 is 49.6 Å². The van der Waals surface area contributed by atoms with Crippen LogP contribution in [0, 0.1) is 5.92 Å². The van der Waals surface area contributed by atoms with E-state index in [-0.39, 0.29) is 35.8 Å². The minimum Gasteiger partial charge on any atom is -0.387 e. The molecule has 7 atom stereocenters. The van der Waals surface area contributed by atoms with Gasteiger partial charge in [0.25, 0.3) is 0 Å². The molecule has 20 nitrogen and oxygen atoms in total. The number of rotatable bonds is 23. The van der Waals surface area contributed by atoms with Gasteiger partial charge in [-0.3, -0.25) is 13.9 Å². The molecule has 7 N–H and O–H groups in total. The fourth-order valence-corrected chi connectivity index (χ4v) is 8.83. The first kappa shape index (κ1) is 43.2. The van der Waals surface area contributed by atoms with Crippen LogP contribution in [0.2, 0.25) is 5.28 Å². The van der Waals surface area contributed by atoms with Crippen LogP contribution in [0.4, 0.5) is 5.82 Å². The molecule has 1 saturated heterocycles. The molecule has 3 aromatic rings. The van der Waals surface area contributed by atoms with E-state index in [2.05, 4.69) is 32.3 Å². The van der Waals surface area contributed by atoms with Crippen LogP contribution >= 0.6 is 26.8 Å². The number of halogens is 1. The lowest BCUT2D eigenvalue weighted by atomic mass is 9.99. The second-order valence-electron chi connectivity index (χ2n) is 12.6. The number of anilines is 1. The van der Waals surface area contributed by atoms with Crippen molar-refractivity contribution in [2.24, 2.45) is 5.92 Å². The van der Waals surface area contributed by atoms with Crippen molar-refractivity contribution in [2.45, 2.75) is 37.0 Å². The molecule has 1 amide bonds. The summed E-state index contributed by atoms with van der Waals surface area (Å²) in [6.45, 7) is 6.34. The summed E-state index contributed by atoms with van der Waals surface area (Å²) in [5.74, 6) is -1.98. The molecule has 1 aromatic carbocycles. The minimum atomic E-state index is -4.90. The van der Waals surface area contributed by atoms with Crippen LogP contribution in [0.1, 0.15) is 23.4 Å². The van der Waals surface area contributed by atoms with Crippen LogP contribution in [0.5, 0.6) is 0 Å². The van der Waals surface area contributed by atoms with Crippen molar-refractivity contribution in [1.82, 2.24) is 25.1 Å². The number of nitrogens with zero attached hydrogens (tertiary/aromatic N) is 4. The van der Waals surface area contributed by atoms with Crippen LogP contribution < -0.4 is 10.6 Å². The van der Waals surface area contributed by atoms with Gasteiger partial charge in [-0.15, -0.1) is 6.58 Å². The van der Waals surface area contributed by atoms with Gasteiger partial charge in [0.15, 0.2) is 17.8 Å². The Labute approximate surface area is 320 Å². The van der Waals surface area contributed by atoms with Gasteiger partial charge in [0, 0.05) is 6.54 Å². The molecule has 2 aromatic heterocycles. The van der Waals surface area contributed by atoms with E-state index in [1.165, 1.54) is 6.20 Å². The van der Waals surface area contributed by atoms with E-state index in [9.17, 15) is 29.0 Å². The smallest absolute Gasteiger partial charge is 0.340 e. The summed E-state index contributed by atoms with van der Waals surface area (Å²) in [5, 5.41) is 32.2. The molecule has 1 aliphatic heterocycles. The van der Waals surface area contributed by atoms with Gasteiger partial charge >= 0.3 is 15.2 Å². The zero-order valence-corrected chi connectivity index (χ0v) is 32.1. The summed E-state index contributed by atoms with van der Waals surface area (Å²) in [4.78, 5) is 50.1. The van der Waals surface area contributed by atoms with E-state index in [4.69, 9.17) is 49.6 Å². The summed E-state index contributed by atoms with van der Waals surface area (Å²) in [7, 11) is -9.66. The first-order valence-electron chi connectivity index (χ1n) is 17.2. The van der Waals surface area contributed by atoms with Gasteiger partial charge in [0.2, 0.25) is 11.2 Å². The highest BCUT2D eigenvalue weighted by atomic mass is 35.5. The summed E-state index contributed by atoms with van der Waals surface area (Å²) >= 11 is 6.35. The molecule has 3 heterocycles. The van der Waals surface area contributed by atoms with E-state index >= 15 is 0 Å². The van der Waals surface area contributed by atoms with Crippen LogP contribution in [0.25, 0.3) is 11.0 Å². The van der Waals surface area contributed by atoms with Crippen molar-refractivity contribution < 1.29 is 67.0 Å². The zero-order chi connectivity index (χ0) is 39.6. The van der Waals surface area contributed by atoms with E-state index in [1.807, 2.05) is 24.3 Å². The monoisotopic (exact) mass is 834 g/mol. The van der Waals surface area contributed by atoms with Gasteiger partial charge in [-0.05, 0) is 29.1 Å². The average Bonchev–Trinajstić information content (AvgIpc) is 3.80. The number of hydrogen-bond acceptors (Lipinski definition) is 15. The molecular weight excluding hydrogens is 790 g/mol. The van der Waals surface area contributed by atoms with Crippen molar-refractivity contribution in [3.05, 3.63) is 59.5 Å². The Balaban J connectivity index is 1.18.